The van der Waals surface area contributed by atoms with Gasteiger partial charge in [-0.25, -0.2) is 9.18 Å². The number of halogens is 1. The Hall–Kier alpha value is -3.23. The lowest BCUT2D eigenvalue weighted by molar-refractivity contribution is -0.134. The molecule has 3 amide bonds. The molecule has 5 rings (SSSR count). The molecule has 0 radical (unpaired) electrons. The van der Waals surface area contributed by atoms with Crippen molar-refractivity contribution in [2.24, 2.45) is 0 Å². The van der Waals surface area contributed by atoms with Gasteiger partial charge in [0.25, 0.3) is 0 Å². The van der Waals surface area contributed by atoms with Crippen molar-refractivity contribution < 1.29 is 14.0 Å². The summed E-state index contributed by atoms with van der Waals surface area (Å²) in [4.78, 5) is 34.3. The molecule has 0 unspecified atom stereocenters. The molecule has 2 aliphatic heterocycles. The lowest BCUT2D eigenvalue weighted by Gasteiger charge is -2.41. The molecular formula is C34H43FN4O2S. The van der Waals surface area contributed by atoms with Crippen molar-refractivity contribution in [3.63, 3.8) is 0 Å². The topological polar surface area (TPSA) is 55.9 Å². The van der Waals surface area contributed by atoms with Crippen molar-refractivity contribution in [3.8, 4) is 0 Å². The summed E-state index contributed by atoms with van der Waals surface area (Å²) in [7, 11) is 0. The third-order valence-corrected chi connectivity index (χ3v) is 9.69. The van der Waals surface area contributed by atoms with Crippen molar-refractivity contribution >= 4 is 29.0 Å². The third kappa shape index (κ3) is 6.40. The normalized spacial score (nSPS) is 19.3. The number of para-hydroxylation sites is 1. The molecule has 0 saturated carbocycles. The first-order chi connectivity index (χ1) is 20.1. The number of nitrogens with one attached hydrogen (secondary N) is 1. The van der Waals surface area contributed by atoms with E-state index in [9.17, 15) is 14.0 Å². The standard InChI is InChI=1S/C34H43FN4O2S/c1-22(2)27-10-7-11-28(23(3)4)32(27)36-34(41)39-18-17-38(21-24(39)5)31(40)13-16-37-15-12-30-29(14-19-42-30)33(37)25-8-6-9-26(35)20-25/h6-11,14,19-20,22-24,33H,12-13,15-18,21H2,1-5H3,(H,36,41)/t24-,33-/m0/s1. The van der Waals surface area contributed by atoms with Gasteiger partial charge in [-0.15, -0.1) is 11.3 Å². The maximum absolute atomic E-state index is 14.2. The molecule has 2 atom stereocenters. The number of carbonyl (C=O) groups excluding carboxylic acids is 2. The van der Waals surface area contributed by atoms with Crippen molar-refractivity contribution in [2.75, 3.05) is 38.0 Å². The number of anilines is 1. The molecule has 3 aromatic rings. The number of carbonyl (C=O) groups is 2. The summed E-state index contributed by atoms with van der Waals surface area (Å²) in [5.74, 6) is 0.438. The molecule has 2 aromatic carbocycles. The summed E-state index contributed by atoms with van der Waals surface area (Å²) in [5, 5.41) is 5.34. The molecule has 3 heterocycles. The second kappa shape index (κ2) is 13.0. The highest BCUT2D eigenvalue weighted by Crippen LogP contribution is 2.38. The highest BCUT2D eigenvalue weighted by molar-refractivity contribution is 7.10. The van der Waals surface area contributed by atoms with Gasteiger partial charge in [-0.2, -0.15) is 0 Å². The summed E-state index contributed by atoms with van der Waals surface area (Å²) in [6.07, 6.45) is 1.33. The van der Waals surface area contributed by atoms with E-state index in [1.54, 1.807) is 23.5 Å². The molecule has 1 fully saturated rings. The molecule has 8 heteroatoms. The summed E-state index contributed by atoms with van der Waals surface area (Å²) in [6, 6.07) is 15.0. The van der Waals surface area contributed by atoms with E-state index in [-0.39, 0.29) is 41.7 Å². The SMILES string of the molecule is CC(C)c1cccc(C(C)C)c1NC(=O)N1CCN(C(=O)CCN2CCc3sccc3[C@@H]2c2cccc(F)c2)C[C@@H]1C. The van der Waals surface area contributed by atoms with Gasteiger partial charge in [-0.3, -0.25) is 9.69 Å². The highest BCUT2D eigenvalue weighted by Gasteiger charge is 2.33. The van der Waals surface area contributed by atoms with Gasteiger partial charge >= 0.3 is 6.03 Å². The number of hydrogen-bond acceptors (Lipinski definition) is 4. The smallest absolute Gasteiger partial charge is 0.322 e. The Morgan fingerprint density at radius 1 is 1.00 bits per heavy atom. The van der Waals surface area contributed by atoms with Crippen LogP contribution in [0.5, 0.6) is 0 Å². The Morgan fingerprint density at radius 2 is 1.71 bits per heavy atom. The molecule has 1 saturated heterocycles. The molecule has 224 valence electrons. The van der Waals surface area contributed by atoms with E-state index in [4.69, 9.17) is 0 Å². The highest BCUT2D eigenvalue weighted by atomic mass is 32.1. The van der Waals surface area contributed by atoms with E-state index >= 15 is 0 Å². The van der Waals surface area contributed by atoms with Crippen molar-refractivity contribution in [1.29, 1.82) is 0 Å². The minimum absolute atomic E-state index is 0.0487. The lowest BCUT2D eigenvalue weighted by atomic mass is 9.92. The van der Waals surface area contributed by atoms with Crippen molar-refractivity contribution in [1.82, 2.24) is 14.7 Å². The predicted octanol–water partition coefficient (Wildman–Crippen LogP) is 7.24. The van der Waals surface area contributed by atoms with Crippen molar-refractivity contribution in [2.45, 2.75) is 71.4 Å². The van der Waals surface area contributed by atoms with Crippen LogP contribution in [0.4, 0.5) is 14.9 Å². The van der Waals surface area contributed by atoms with E-state index in [1.807, 2.05) is 22.8 Å². The zero-order chi connectivity index (χ0) is 30.0. The average molecular weight is 591 g/mol. The van der Waals surface area contributed by atoms with Gasteiger partial charge in [-0.05, 0) is 71.0 Å². The van der Waals surface area contributed by atoms with Crippen LogP contribution in [0, 0.1) is 5.82 Å². The number of rotatable bonds is 7. The number of hydrogen-bond donors (Lipinski definition) is 1. The van der Waals surface area contributed by atoms with Crippen LogP contribution in [0.15, 0.2) is 53.9 Å². The monoisotopic (exact) mass is 590 g/mol. The molecule has 1 N–H and O–H groups in total. The minimum atomic E-state index is -0.241. The Balaban J connectivity index is 1.21. The van der Waals surface area contributed by atoms with Crippen LogP contribution in [0.1, 0.15) is 86.0 Å². The van der Waals surface area contributed by atoms with Gasteiger partial charge in [-0.1, -0.05) is 58.0 Å². The van der Waals surface area contributed by atoms with Crippen LogP contribution in [0.2, 0.25) is 0 Å². The van der Waals surface area contributed by atoms with Crippen LogP contribution >= 0.6 is 11.3 Å². The quantitative estimate of drug-likeness (QED) is 0.316. The predicted molar refractivity (Wildman–Crippen MR) is 169 cm³/mol. The number of amides is 3. The van der Waals surface area contributed by atoms with Gasteiger partial charge in [0.05, 0.1) is 6.04 Å². The molecule has 2 aliphatic rings. The number of urea groups is 1. The summed E-state index contributed by atoms with van der Waals surface area (Å²) >= 11 is 1.75. The minimum Gasteiger partial charge on any atom is -0.339 e. The van der Waals surface area contributed by atoms with Gasteiger partial charge in [0.15, 0.2) is 0 Å². The molecule has 0 bridgehead atoms. The van der Waals surface area contributed by atoms with Gasteiger partial charge < -0.3 is 15.1 Å². The van der Waals surface area contributed by atoms with Gasteiger partial charge in [0.2, 0.25) is 5.91 Å². The molecule has 6 nitrogen and oxygen atoms in total. The zero-order valence-electron chi connectivity index (χ0n) is 25.4. The first-order valence-corrected chi connectivity index (χ1v) is 16.1. The maximum atomic E-state index is 14.2. The summed E-state index contributed by atoms with van der Waals surface area (Å²) < 4.78 is 14.2. The van der Waals surface area contributed by atoms with E-state index in [2.05, 4.69) is 67.6 Å². The van der Waals surface area contributed by atoms with Crippen LogP contribution in [-0.4, -0.2) is 65.4 Å². The van der Waals surface area contributed by atoms with Crippen molar-refractivity contribution in [3.05, 3.63) is 86.9 Å². The van der Waals surface area contributed by atoms with E-state index < -0.39 is 0 Å². The second-order valence-electron chi connectivity index (χ2n) is 12.2. The second-order valence-corrected chi connectivity index (χ2v) is 13.2. The molecule has 0 aliphatic carbocycles. The molecule has 0 spiro atoms. The number of piperazine rings is 1. The Bertz CT molecular complexity index is 1390. The lowest BCUT2D eigenvalue weighted by Crippen LogP contribution is -2.56. The fourth-order valence-electron chi connectivity index (χ4n) is 6.43. The van der Waals surface area contributed by atoms with E-state index in [0.29, 0.717) is 32.6 Å². The molecule has 42 heavy (non-hydrogen) atoms. The van der Waals surface area contributed by atoms with Crippen LogP contribution in [0.25, 0.3) is 0 Å². The molecular weight excluding hydrogens is 547 g/mol. The largest absolute Gasteiger partial charge is 0.339 e. The first kappa shape index (κ1) is 30.2. The first-order valence-electron chi connectivity index (χ1n) is 15.2. The Kier molecular flexibility index (Phi) is 9.33. The Morgan fingerprint density at radius 3 is 2.38 bits per heavy atom. The maximum Gasteiger partial charge on any atom is 0.322 e. The summed E-state index contributed by atoms with van der Waals surface area (Å²) in [5.41, 5.74) is 5.34. The van der Waals surface area contributed by atoms with Crippen LogP contribution < -0.4 is 5.32 Å². The van der Waals surface area contributed by atoms with E-state index in [0.717, 1.165) is 35.3 Å². The van der Waals surface area contributed by atoms with Gasteiger partial charge in [0.1, 0.15) is 5.82 Å². The molecule has 1 aromatic heterocycles. The van der Waals surface area contributed by atoms with Crippen LogP contribution in [0.3, 0.4) is 0 Å². The number of benzene rings is 2. The fraction of sp³-hybridized carbons (Fsp3) is 0.471. The van der Waals surface area contributed by atoms with E-state index in [1.165, 1.54) is 16.5 Å². The number of fused-ring (bicyclic) bond motifs is 1. The fourth-order valence-corrected chi connectivity index (χ4v) is 7.34. The third-order valence-electron chi connectivity index (χ3n) is 8.69. The number of nitrogens with zero attached hydrogens (tertiary/aromatic N) is 3. The van der Waals surface area contributed by atoms with Crippen LogP contribution in [-0.2, 0) is 11.2 Å². The number of thiophene rings is 1. The Labute approximate surface area is 253 Å². The average Bonchev–Trinajstić information content (AvgIpc) is 3.44. The van der Waals surface area contributed by atoms with Gasteiger partial charge in [0, 0.05) is 55.8 Å². The zero-order valence-corrected chi connectivity index (χ0v) is 26.2. The summed E-state index contributed by atoms with van der Waals surface area (Å²) in [6.45, 7) is 13.6.